The molecule has 1 N–H and O–H groups in total. The minimum atomic E-state index is -0.948. The maximum atomic E-state index is 13.4. The van der Waals surface area contributed by atoms with E-state index in [-0.39, 0.29) is 4.47 Å². The highest BCUT2D eigenvalue weighted by Crippen LogP contribution is 2.29. The normalized spacial score (nSPS) is 12.7. The van der Waals surface area contributed by atoms with Crippen molar-refractivity contribution in [3.63, 3.8) is 0 Å². The van der Waals surface area contributed by atoms with Crippen molar-refractivity contribution < 1.29 is 9.50 Å². The van der Waals surface area contributed by atoms with Gasteiger partial charge < -0.3 is 5.11 Å². The smallest absolute Gasteiger partial charge is 0.137 e. The number of rotatable bonds is 4. The molecule has 0 amide bonds. The molecule has 0 bridgehead atoms. The first-order chi connectivity index (χ1) is 8.65. The average molecular weight is 314 g/mol. The highest BCUT2D eigenvalue weighted by Gasteiger charge is 2.19. The summed E-state index contributed by atoms with van der Waals surface area (Å²) < 4.78 is 15.3. The Hall–Kier alpha value is -1.27. The van der Waals surface area contributed by atoms with Gasteiger partial charge in [0.1, 0.15) is 11.9 Å². The molecule has 1 aromatic carbocycles. The van der Waals surface area contributed by atoms with Crippen molar-refractivity contribution in [2.45, 2.75) is 26.0 Å². The lowest BCUT2D eigenvalue weighted by Gasteiger charge is -2.14. The van der Waals surface area contributed by atoms with Crippen molar-refractivity contribution in [3.8, 4) is 0 Å². The van der Waals surface area contributed by atoms with Crippen LogP contribution in [-0.4, -0.2) is 20.1 Å². The zero-order valence-electron chi connectivity index (χ0n) is 9.85. The van der Waals surface area contributed by atoms with E-state index in [1.165, 1.54) is 12.3 Å². The number of hydrogen-bond acceptors (Lipinski definition) is 3. The molecule has 0 aliphatic heterocycles. The predicted octanol–water partition coefficient (Wildman–Crippen LogP) is 2.67. The fraction of sp³-hybridized carbons (Fsp3) is 0.333. The van der Waals surface area contributed by atoms with Crippen LogP contribution < -0.4 is 0 Å². The summed E-state index contributed by atoms with van der Waals surface area (Å²) in [5.41, 5.74) is 1.03. The maximum absolute atomic E-state index is 13.4. The van der Waals surface area contributed by atoms with E-state index in [2.05, 4.69) is 26.2 Å². The number of aliphatic hydroxyl groups excluding tert-OH is 1. The van der Waals surface area contributed by atoms with Crippen LogP contribution in [0.2, 0.25) is 0 Å². The monoisotopic (exact) mass is 313 g/mol. The standard InChI is InChI=1S/C12H13BrFN3O/c1-2-6-17-10(7-15-16-17)12(18)8-4-3-5-9(14)11(8)13/h3-5,7,12,18H,2,6H2,1H3. The van der Waals surface area contributed by atoms with Gasteiger partial charge in [-0.05, 0) is 28.4 Å². The molecule has 6 heteroatoms. The van der Waals surface area contributed by atoms with Crippen LogP contribution in [0.5, 0.6) is 0 Å². The summed E-state index contributed by atoms with van der Waals surface area (Å²) in [4.78, 5) is 0. The van der Waals surface area contributed by atoms with Gasteiger partial charge in [-0.25, -0.2) is 9.07 Å². The molecule has 1 atom stereocenters. The van der Waals surface area contributed by atoms with Gasteiger partial charge in [0.25, 0.3) is 0 Å². The lowest BCUT2D eigenvalue weighted by Crippen LogP contribution is -2.11. The number of aliphatic hydroxyl groups is 1. The van der Waals surface area contributed by atoms with Crippen molar-refractivity contribution in [3.05, 3.63) is 45.9 Å². The topological polar surface area (TPSA) is 50.9 Å². The number of benzene rings is 1. The molecule has 4 nitrogen and oxygen atoms in total. The summed E-state index contributed by atoms with van der Waals surface area (Å²) in [5.74, 6) is -0.402. The Morgan fingerprint density at radius 3 is 3.00 bits per heavy atom. The number of aromatic nitrogens is 3. The third kappa shape index (κ3) is 2.44. The van der Waals surface area contributed by atoms with Gasteiger partial charge in [0.05, 0.1) is 16.4 Å². The Morgan fingerprint density at radius 2 is 2.28 bits per heavy atom. The molecule has 96 valence electrons. The molecule has 0 saturated heterocycles. The summed E-state index contributed by atoms with van der Waals surface area (Å²) in [6.45, 7) is 2.68. The van der Waals surface area contributed by atoms with Crippen molar-refractivity contribution in [2.75, 3.05) is 0 Å². The van der Waals surface area contributed by atoms with Gasteiger partial charge in [0, 0.05) is 12.1 Å². The quantitative estimate of drug-likeness (QED) is 0.944. The van der Waals surface area contributed by atoms with E-state index in [1.807, 2.05) is 6.92 Å². The van der Waals surface area contributed by atoms with E-state index >= 15 is 0 Å². The van der Waals surface area contributed by atoms with Gasteiger partial charge in [-0.15, -0.1) is 5.10 Å². The third-order valence-electron chi connectivity index (χ3n) is 2.64. The van der Waals surface area contributed by atoms with Gasteiger partial charge in [-0.1, -0.05) is 24.3 Å². The van der Waals surface area contributed by atoms with Crippen molar-refractivity contribution >= 4 is 15.9 Å². The zero-order chi connectivity index (χ0) is 13.1. The molecule has 1 unspecified atom stereocenters. The summed E-state index contributed by atoms with van der Waals surface area (Å²) in [6.07, 6.45) is 1.43. The SMILES string of the molecule is CCCn1nncc1C(O)c1cccc(F)c1Br. The van der Waals surface area contributed by atoms with Crippen molar-refractivity contribution in [1.29, 1.82) is 0 Å². The molecular weight excluding hydrogens is 301 g/mol. The Labute approximate surface area is 113 Å². The van der Waals surface area contributed by atoms with Crippen molar-refractivity contribution in [2.24, 2.45) is 0 Å². The van der Waals surface area contributed by atoms with Crippen LogP contribution in [0, 0.1) is 5.82 Å². The molecule has 0 aliphatic rings. The van der Waals surface area contributed by atoms with Crippen molar-refractivity contribution in [1.82, 2.24) is 15.0 Å². The molecule has 1 aromatic heterocycles. The molecule has 0 fully saturated rings. The predicted molar refractivity (Wildman–Crippen MR) is 68.5 cm³/mol. The minimum Gasteiger partial charge on any atom is -0.382 e. The van der Waals surface area contributed by atoms with Gasteiger partial charge in [-0.3, -0.25) is 0 Å². The van der Waals surface area contributed by atoms with Crippen LogP contribution in [-0.2, 0) is 6.54 Å². The first kappa shape index (κ1) is 13.2. The first-order valence-electron chi connectivity index (χ1n) is 5.65. The van der Waals surface area contributed by atoms with E-state index in [0.717, 1.165) is 6.42 Å². The fourth-order valence-corrected chi connectivity index (χ4v) is 2.24. The summed E-state index contributed by atoms with van der Waals surface area (Å²) in [7, 11) is 0. The van der Waals surface area contributed by atoms with E-state index in [4.69, 9.17) is 0 Å². The zero-order valence-corrected chi connectivity index (χ0v) is 11.4. The van der Waals surface area contributed by atoms with Crippen LogP contribution in [0.15, 0.2) is 28.9 Å². The van der Waals surface area contributed by atoms with Crippen LogP contribution in [0.1, 0.15) is 30.7 Å². The Bertz CT molecular complexity index is 544. The molecule has 0 spiro atoms. The average Bonchev–Trinajstić information content (AvgIpc) is 2.80. The summed E-state index contributed by atoms with van der Waals surface area (Å²) in [5, 5.41) is 18.0. The Balaban J connectivity index is 2.38. The number of hydrogen-bond donors (Lipinski definition) is 1. The number of nitrogens with zero attached hydrogens (tertiary/aromatic N) is 3. The largest absolute Gasteiger partial charge is 0.382 e. The number of halogens is 2. The highest BCUT2D eigenvalue weighted by atomic mass is 79.9. The lowest BCUT2D eigenvalue weighted by atomic mass is 10.1. The van der Waals surface area contributed by atoms with E-state index in [9.17, 15) is 9.50 Å². The van der Waals surface area contributed by atoms with Crippen LogP contribution in [0.25, 0.3) is 0 Å². The molecule has 2 aromatic rings. The van der Waals surface area contributed by atoms with Crippen LogP contribution in [0.3, 0.4) is 0 Å². The molecule has 0 saturated carbocycles. The van der Waals surface area contributed by atoms with Gasteiger partial charge in [-0.2, -0.15) is 0 Å². The van der Waals surface area contributed by atoms with E-state index in [0.29, 0.717) is 17.8 Å². The summed E-state index contributed by atoms with van der Waals surface area (Å²) >= 11 is 3.14. The Kier molecular flexibility index (Phi) is 4.08. The number of aryl methyl sites for hydroxylation is 1. The molecule has 1 heterocycles. The third-order valence-corrected chi connectivity index (χ3v) is 3.48. The fourth-order valence-electron chi connectivity index (χ4n) is 1.75. The molecule has 0 radical (unpaired) electrons. The second-order valence-electron chi connectivity index (χ2n) is 3.93. The lowest BCUT2D eigenvalue weighted by molar-refractivity contribution is 0.206. The second kappa shape index (κ2) is 5.58. The second-order valence-corrected chi connectivity index (χ2v) is 4.72. The first-order valence-corrected chi connectivity index (χ1v) is 6.44. The van der Waals surface area contributed by atoms with Gasteiger partial charge in [0.15, 0.2) is 0 Å². The maximum Gasteiger partial charge on any atom is 0.137 e. The molecule has 18 heavy (non-hydrogen) atoms. The van der Waals surface area contributed by atoms with Gasteiger partial charge in [0.2, 0.25) is 0 Å². The van der Waals surface area contributed by atoms with E-state index < -0.39 is 11.9 Å². The van der Waals surface area contributed by atoms with Crippen LogP contribution >= 0.6 is 15.9 Å². The molecule has 0 aliphatic carbocycles. The van der Waals surface area contributed by atoms with E-state index in [1.54, 1.807) is 16.8 Å². The Morgan fingerprint density at radius 1 is 1.50 bits per heavy atom. The highest BCUT2D eigenvalue weighted by molar-refractivity contribution is 9.10. The van der Waals surface area contributed by atoms with Gasteiger partial charge >= 0.3 is 0 Å². The molecule has 2 rings (SSSR count). The van der Waals surface area contributed by atoms with Crippen LogP contribution in [0.4, 0.5) is 4.39 Å². The summed E-state index contributed by atoms with van der Waals surface area (Å²) in [6, 6.07) is 4.57. The minimum absolute atomic E-state index is 0.266. The molecular formula is C12H13BrFN3O.